The number of pyridine rings is 1. The van der Waals surface area contributed by atoms with Gasteiger partial charge in [0.1, 0.15) is 11.4 Å². The molecule has 30 heavy (non-hydrogen) atoms. The number of guanidine groups is 1. The molecule has 0 radical (unpaired) electrons. The topological polar surface area (TPSA) is 91.8 Å². The second kappa shape index (κ2) is 9.93. The van der Waals surface area contributed by atoms with E-state index in [9.17, 15) is 9.90 Å². The number of benzene rings is 1. The Labute approximate surface area is 176 Å². The van der Waals surface area contributed by atoms with E-state index >= 15 is 0 Å². The number of aliphatic imine (C=N–C) groups is 1. The summed E-state index contributed by atoms with van der Waals surface area (Å²) in [7, 11) is 0. The first-order valence-electron chi connectivity index (χ1n) is 10.00. The standard InChI is InChI=1S/C23H28N4O3/c1-3-24-22(26-17-23(2,29)20-7-6-14-30-20)25-15-18-9-11-19(12-10-18)16-27-13-5-4-8-21(27)28/h4-14,29H,3,15-17H2,1-2H3,(H2,24,25,26). The lowest BCUT2D eigenvalue weighted by Gasteiger charge is -2.22. The number of rotatable bonds is 8. The minimum Gasteiger partial charge on any atom is -0.466 e. The highest BCUT2D eigenvalue weighted by Crippen LogP contribution is 2.19. The van der Waals surface area contributed by atoms with Gasteiger partial charge in [-0.05, 0) is 43.2 Å². The Kier molecular flexibility index (Phi) is 7.08. The Bertz CT molecular complexity index is 1010. The molecule has 0 aliphatic heterocycles. The zero-order valence-corrected chi connectivity index (χ0v) is 17.3. The van der Waals surface area contributed by atoms with E-state index in [2.05, 4.69) is 15.6 Å². The quantitative estimate of drug-likeness (QED) is 0.393. The third-order valence-corrected chi connectivity index (χ3v) is 4.69. The smallest absolute Gasteiger partial charge is 0.250 e. The van der Waals surface area contributed by atoms with Crippen LogP contribution in [0.4, 0.5) is 0 Å². The van der Waals surface area contributed by atoms with Gasteiger partial charge in [-0.1, -0.05) is 30.3 Å². The Morgan fingerprint density at radius 1 is 1.10 bits per heavy atom. The van der Waals surface area contributed by atoms with Crippen molar-refractivity contribution >= 4 is 5.96 Å². The van der Waals surface area contributed by atoms with Gasteiger partial charge >= 0.3 is 0 Å². The van der Waals surface area contributed by atoms with Crippen LogP contribution >= 0.6 is 0 Å². The van der Waals surface area contributed by atoms with Crippen molar-refractivity contribution in [2.75, 3.05) is 13.1 Å². The Morgan fingerprint density at radius 3 is 2.53 bits per heavy atom. The first kappa shape index (κ1) is 21.4. The lowest BCUT2D eigenvalue weighted by molar-refractivity contribution is 0.0386. The number of nitrogens with one attached hydrogen (secondary N) is 2. The van der Waals surface area contributed by atoms with Crippen LogP contribution in [0, 0.1) is 0 Å². The summed E-state index contributed by atoms with van der Waals surface area (Å²) in [6, 6.07) is 16.7. The number of furan rings is 1. The summed E-state index contributed by atoms with van der Waals surface area (Å²) in [5.74, 6) is 1.11. The molecule has 7 heteroatoms. The van der Waals surface area contributed by atoms with E-state index < -0.39 is 5.60 Å². The van der Waals surface area contributed by atoms with Crippen LogP contribution in [0.2, 0.25) is 0 Å². The summed E-state index contributed by atoms with van der Waals surface area (Å²) in [6.07, 6.45) is 3.33. The van der Waals surface area contributed by atoms with Crippen LogP contribution in [-0.4, -0.2) is 28.7 Å². The van der Waals surface area contributed by atoms with Crippen LogP contribution in [0.15, 0.2) is 81.3 Å². The average molecular weight is 409 g/mol. The first-order chi connectivity index (χ1) is 14.5. The van der Waals surface area contributed by atoms with Gasteiger partial charge in [0.25, 0.3) is 5.56 Å². The first-order valence-corrected chi connectivity index (χ1v) is 10.00. The molecule has 7 nitrogen and oxygen atoms in total. The van der Waals surface area contributed by atoms with Crippen LogP contribution in [0.3, 0.4) is 0 Å². The van der Waals surface area contributed by atoms with Crippen LogP contribution in [0.1, 0.15) is 30.7 Å². The molecule has 0 fully saturated rings. The molecule has 0 saturated heterocycles. The maximum absolute atomic E-state index is 11.8. The lowest BCUT2D eigenvalue weighted by atomic mass is 10.0. The zero-order chi connectivity index (χ0) is 21.4. The highest BCUT2D eigenvalue weighted by Gasteiger charge is 2.26. The Hall–Kier alpha value is -3.32. The Balaban J connectivity index is 1.60. The molecule has 0 spiro atoms. The van der Waals surface area contributed by atoms with Crippen molar-refractivity contribution in [2.24, 2.45) is 4.99 Å². The van der Waals surface area contributed by atoms with Gasteiger partial charge in [0.05, 0.1) is 25.9 Å². The second-order valence-corrected chi connectivity index (χ2v) is 7.28. The summed E-state index contributed by atoms with van der Waals surface area (Å²) in [4.78, 5) is 16.4. The average Bonchev–Trinajstić information content (AvgIpc) is 3.29. The van der Waals surface area contributed by atoms with Crippen molar-refractivity contribution in [1.82, 2.24) is 15.2 Å². The summed E-state index contributed by atoms with van der Waals surface area (Å²) >= 11 is 0. The van der Waals surface area contributed by atoms with Gasteiger partial charge < -0.3 is 24.7 Å². The van der Waals surface area contributed by atoms with Crippen LogP contribution in [-0.2, 0) is 18.7 Å². The van der Waals surface area contributed by atoms with E-state index in [1.165, 1.54) is 0 Å². The van der Waals surface area contributed by atoms with Crippen molar-refractivity contribution in [1.29, 1.82) is 0 Å². The monoisotopic (exact) mass is 408 g/mol. The SMILES string of the molecule is CCNC(=NCc1ccc(Cn2ccccc2=O)cc1)NCC(C)(O)c1ccco1. The van der Waals surface area contributed by atoms with Crippen molar-refractivity contribution in [2.45, 2.75) is 32.5 Å². The normalized spacial score (nSPS) is 13.6. The molecule has 1 atom stereocenters. The van der Waals surface area contributed by atoms with E-state index in [0.29, 0.717) is 31.4 Å². The largest absolute Gasteiger partial charge is 0.466 e. The van der Waals surface area contributed by atoms with Crippen LogP contribution in [0.5, 0.6) is 0 Å². The summed E-state index contributed by atoms with van der Waals surface area (Å²) in [6.45, 7) is 5.68. The van der Waals surface area contributed by atoms with E-state index in [1.807, 2.05) is 37.3 Å². The summed E-state index contributed by atoms with van der Waals surface area (Å²) < 4.78 is 6.98. The fraction of sp³-hybridized carbons (Fsp3) is 0.304. The van der Waals surface area contributed by atoms with Gasteiger partial charge in [-0.15, -0.1) is 0 Å². The van der Waals surface area contributed by atoms with Gasteiger partial charge in [0.2, 0.25) is 0 Å². The van der Waals surface area contributed by atoms with Crippen molar-refractivity contribution in [3.8, 4) is 0 Å². The fourth-order valence-electron chi connectivity index (χ4n) is 2.98. The summed E-state index contributed by atoms with van der Waals surface area (Å²) in [5.41, 5.74) is 0.944. The number of hydrogen-bond donors (Lipinski definition) is 3. The van der Waals surface area contributed by atoms with Gasteiger partial charge in [0, 0.05) is 18.8 Å². The minimum absolute atomic E-state index is 0.0158. The van der Waals surface area contributed by atoms with Crippen LogP contribution < -0.4 is 16.2 Å². The predicted molar refractivity (Wildman–Crippen MR) is 117 cm³/mol. The predicted octanol–water partition coefficient (Wildman–Crippen LogP) is 2.45. The van der Waals surface area contributed by atoms with E-state index in [1.54, 1.807) is 48.2 Å². The molecule has 3 aromatic rings. The third-order valence-electron chi connectivity index (χ3n) is 4.69. The van der Waals surface area contributed by atoms with Gasteiger partial charge in [0.15, 0.2) is 5.96 Å². The highest BCUT2D eigenvalue weighted by atomic mass is 16.4. The molecular weight excluding hydrogens is 380 g/mol. The van der Waals surface area contributed by atoms with Gasteiger partial charge in [-0.25, -0.2) is 4.99 Å². The number of aliphatic hydroxyl groups is 1. The van der Waals surface area contributed by atoms with Gasteiger partial charge in [-0.2, -0.15) is 0 Å². The molecule has 0 amide bonds. The molecule has 3 rings (SSSR count). The van der Waals surface area contributed by atoms with Gasteiger partial charge in [-0.3, -0.25) is 4.79 Å². The molecule has 2 aromatic heterocycles. The van der Waals surface area contributed by atoms with Crippen molar-refractivity contribution in [3.63, 3.8) is 0 Å². The van der Waals surface area contributed by atoms with Crippen LogP contribution in [0.25, 0.3) is 0 Å². The molecule has 0 aliphatic rings. The van der Waals surface area contributed by atoms with E-state index in [4.69, 9.17) is 4.42 Å². The third kappa shape index (κ3) is 5.84. The molecule has 0 aliphatic carbocycles. The maximum atomic E-state index is 11.8. The summed E-state index contributed by atoms with van der Waals surface area (Å²) in [5, 5.41) is 16.9. The van der Waals surface area contributed by atoms with Crippen molar-refractivity contribution < 1.29 is 9.52 Å². The number of aromatic nitrogens is 1. The molecule has 1 aromatic carbocycles. The fourth-order valence-corrected chi connectivity index (χ4v) is 2.98. The second-order valence-electron chi connectivity index (χ2n) is 7.28. The minimum atomic E-state index is -1.14. The lowest BCUT2D eigenvalue weighted by Crippen LogP contribution is -2.44. The zero-order valence-electron chi connectivity index (χ0n) is 17.3. The Morgan fingerprint density at radius 2 is 1.87 bits per heavy atom. The molecular formula is C23H28N4O3. The molecule has 2 heterocycles. The van der Waals surface area contributed by atoms with E-state index in [0.717, 1.165) is 11.1 Å². The maximum Gasteiger partial charge on any atom is 0.250 e. The molecule has 3 N–H and O–H groups in total. The van der Waals surface area contributed by atoms with E-state index in [-0.39, 0.29) is 12.1 Å². The molecule has 0 bridgehead atoms. The number of nitrogens with zero attached hydrogens (tertiary/aromatic N) is 2. The molecule has 0 saturated carbocycles. The van der Waals surface area contributed by atoms with Crippen molar-refractivity contribution in [3.05, 3.63) is 94.3 Å². The number of hydrogen-bond acceptors (Lipinski definition) is 4. The molecule has 1 unspecified atom stereocenters. The molecule has 158 valence electrons. The highest BCUT2D eigenvalue weighted by molar-refractivity contribution is 5.79.